The Hall–Kier alpha value is -2.54. The van der Waals surface area contributed by atoms with E-state index in [0.717, 1.165) is 40.4 Å². The third-order valence-corrected chi connectivity index (χ3v) is 6.55. The summed E-state index contributed by atoms with van der Waals surface area (Å²) in [7, 11) is 0. The van der Waals surface area contributed by atoms with E-state index in [2.05, 4.69) is 11.9 Å². The minimum Gasteiger partial charge on any atom is -0.348 e. The van der Waals surface area contributed by atoms with Gasteiger partial charge in [-0.2, -0.15) is 0 Å². The molecule has 0 radical (unpaired) electrons. The molecule has 0 spiro atoms. The number of rotatable bonds is 5. The largest absolute Gasteiger partial charge is 0.348 e. The Bertz CT molecular complexity index is 903. The fraction of sp³-hybridized carbons (Fsp3) is 0.381. The molecule has 1 fully saturated rings. The van der Waals surface area contributed by atoms with Gasteiger partial charge < -0.3 is 10.2 Å². The molecule has 0 saturated carbocycles. The molecule has 1 unspecified atom stereocenters. The van der Waals surface area contributed by atoms with Gasteiger partial charge >= 0.3 is 0 Å². The molecule has 1 saturated heterocycles. The zero-order valence-corrected chi connectivity index (χ0v) is 16.3. The van der Waals surface area contributed by atoms with Gasteiger partial charge in [0, 0.05) is 31.0 Å². The van der Waals surface area contributed by atoms with Crippen LogP contribution in [0.25, 0.3) is 10.6 Å². The van der Waals surface area contributed by atoms with Crippen LogP contribution in [0.4, 0.5) is 4.39 Å². The normalized spacial score (nSPS) is 18.9. The average Bonchev–Trinajstić information content (AvgIpc) is 3.09. The van der Waals surface area contributed by atoms with Gasteiger partial charge in [0.05, 0.1) is 16.6 Å². The monoisotopic (exact) mass is 399 g/mol. The van der Waals surface area contributed by atoms with Crippen LogP contribution in [0, 0.1) is 11.7 Å². The first-order valence-corrected chi connectivity index (χ1v) is 10.3. The van der Waals surface area contributed by atoms with Crippen LogP contribution in [0.1, 0.15) is 35.9 Å². The van der Waals surface area contributed by atoms with E-state index in [9.17, 15) is 14.0 Å². The van der Waals surface area contributed by atoms with Crippen molar-refractivity contribution in [3.63, 3.8) is 0 Å². The number of hydrogen-bond donors (Lipinski definition) is 1. The zero-order valence-electron chi connectivity index (χ0n) is 15.5. The predicted molar refractivity (Wildman–Crippen MR) is 106 cm³/mol. The lowest BCUT2D eigenvalue weighted by Crippen LogP contribution is -2.50. The number of halogens is 1. The number of nitrogens with one attached hydrogen (secondary N) is 1. The van der Waals surface area contributed by atoms with E-state index in [1.165, 1.54) is 18.2 Å². The molecular weight excluding hydrogens is 377 g/mol. The number of nitrogens with zero attached hydrogens (tertiary/aromatic N) is 2. The lowest BCUT2D eigenvalue weighted by molar-refractivity contribution is -0.135. The Morgan fingerprint density at radius 1 is 1.32 bits per heavy atom. The molecule has 2 heterocycles. The summed E-state index contributed by atoms with van der Waals surface area (Å²) in [6.45, 7) is 4.71. The number of aryl methyl sites for hydroxylation is 1. The number of fused-ring (bicyclic) bond motifs is 1. The molecule has 7 heteroatoms. The zero-order chi connectivity index (χ0) is 19.7. The van der Waals surface area contributed by atoms with Crippen LogP contribution in [-0.2, 0) is 16.0 Å². The van der Waals surface area contributed by atoms with Crippen LogP contribution in [0.5, 0.6) is 0 Å². The second kappa shape index (κ2) is 7.83. The van der Waals surface area contributed by atoms with Crippen molar-refractivity contribution < 1.29 is 14.0 Å². The first-order valence-electron chi connectivity index (χ1n) is 9.49. The highest BCUT2D eigenvalue weighted by molar-refractivity contribution is 7.15. The number of likely N-dealkylation sites (tertiary alicyclic amines) is 1. The van der Waals surface area contributed by atoms with Gasteiger partial charge in [-0.1, -0.05) is 6.58 Å². The van der Waals surface area contributed by atoms with Gasteiger partial charge in [-0.15, -0.1) is 11.3 Å². The molecule has 2 aliphatic rings. The third-order valence-electron chi connectivity index (χ3n) is 5.29. The maximum Gasteiger partial charge on any atom is 0.245 e. The fourth-order valence-electron chi connectivity index (χ4n) is 3.80. The van der Waals surface area contributed by atoms with E-state index in [-0.39, 0.29) is 29.6 Å². The minimum atomic E-state index is -0.264. The van der Waals surface area contributed by atoms with E-state index in [1.54, 1.807) is 28.4 Å². The lowest BCUT2D eigenvalue weighted by atomic mass is 9.94. The quantitative estimate of drug-likeness (QED) is 0.783. The van der Waals surface area contributed by atoms with Gasteiger partial charge in [0.25, 0.3) is 0 Å². The van der Waals surface area contributed by atoms with Crippen molar-refractivity contribution in [2.24, 2.45) is 5.92 Å². The summed E-state index contributed by atoms with van der Waals surface area (Å²) >= 11 is 1.58. The van der Waals surface area contributed by atoms with Crippen molar-refractivity contribution >= 4 is 23.2 Å². The van der Waals surface area contributed by atoms with Crippen LogP contribution in [-0.4, -0.2) is 34.8 Å². The van der Waals surface area contributed by atoms with E-state index >= 15 is 0 Å². The molecule has 1 N–H and O–H groups in total. The summed E-state index contributed by atoms with van der Waals surface area (Å²) in [5.74, 6) is -0.111. The highest BCUT2D eigenvalue weighted by atomic mass is 32.1. The van der Waals surface area contributed by atoms with Crippen molar-refractivity contribution in [2.45, 2.75) is 31.7 Å². The molecule has 1 aromatic heterocycles. The van der Waals surface area contributed by atoms with Crippen molar-refractivity contribution in [3.05, 3.63) is 53.3 Å². The van der Waals surface area contributed by atoms with Gasteiger partial charge in [0.15, 0.2) is 0 Å². The van der Waals surface area contributed by atoms with Crippen LogP contribution in [0.3, 0.4) is 0 Å². The molecule has 1 atom stereocenters. The highest BCUT2D eigenvalue weighted by Gasteiger charge is 2.32. The van der Waals surface area contributed by atoms with Crippen molar-refractivity contribution in [3.8, 4) is 10.6 Å². The molecular formula is C21H22FN3O2S. The van der Waals surface area contributed by atoms with Crippen LogP contribution in [0.15, 0.2) is 36.9 Å². The first kappa shape index (κ1) is 18.8. The van der Waals surface area contributed by atoms with E-state index in [1.807, 2.05) is 0 Å². The molecule has 146 valence electrons. The molecule has 0 bridgehead atoms. The summed E-state index contributed by atoms with van der Waals surface area (Å²) in [5, 5.41) is 4.02. The molecule has 2 amide bonds. The Morgan fingerprint density at radius 2 is 2.07 bits per heavy atom. The van der Waals surface area contributed by atoms with E-state index < -0.39 is 0 Å². The number of aromatic nitrogens is 1. The number of thiazole rings is 1. The summed E-state index contributed by atoms with van der Waals surface area (Å²) in [6, 6.07) is 6.33. The van der Waals surface area contributed by atoms with Gasteiger partial charge in [-0.05, 0) is 49.6 Å². The molecule has 1 aliphatic heterocycles. The highest BCUT2D eigenvalue weighted by Crippen LogP contribution is 2.38. The number of benzene rings is 1. The Balaban J connectivity index is 1.39. The minimum absolute atomic E-state index is 0.0188. The predicted octanol–water partition coefficient (Wildman–Crippen LogP) is 3.48. The first-order chi connectivity index (χ1) is 13.5. The van der Waals surface area contributed by atoms with Gasteiger partial charge in [-0.3, -0.25) is 9.59 Å². The molecule has 2 aromatic rings. The maximum absolute atomic E-state index is 13.2. The van der Waals surface area contributed by atoms with Gasteiger partial charge in [0.2, 0.25) is 11.8 Å². The molecule has 5 nitrogen and oxygen atoms in total. The van der Waals surface area contributed by atoms with Crippen molar-refractivity contribution in [2.75, 3.05) is 13.1 Å². The van der Waals surface area contributed by atoms with Crippen LogP contribution < -0.4 is 5.32 Å². The van der Waals surface area contributed by atoms with E-state index in [4.69, 9.17) is 4.98 Å². The Kier molecular flexibility index (Phi) is 5.26. The lowest BCUT2D eigenvalue weighted by Gasteiger charge is -2.38. The summed E-state index contributed by atoms with van der Waals surface area (Å²) in [6.07, 6.45) is 4.52. The number of amides is 2. The Labute approximate surface area is 167 Å². The number of carbonyl (C=O) groups excluding carboxylic acids is 2. The average molecular weight is 399 g/mol. The van der Waals surface area contributed by atoms with Crippen molar-refractivity contribution in [1.82, 2.24) is 15.2 Å². The summed E-state index contributed by atoms with van der Waals surface area (Å²) in [5.41, 5.74) is 1.93. The van der Waals surface area contributed by atoms with Gasteiger partial charge in [0.1, 0.15) is 10.8 Å². The van der Waals surface area contributed by atoms with E-state index in [0.29, 0.717) is 19.5 Å². The standard InChI is InChI=1S/C21H22FN3O2S/c1-2-19(27)25-11-13(12-25)10-18(26)23-16-4-3-5-17-20(16)28-21(24-17)14-6-8-15(22)9-7-14/h2,6-9,13,16H,1,3-5,10-12H2,(H,23,26). The second-order valence-corrected chi connectivity index (χ2v) is 8.40. The molecule has 1 aromatic carbocycles. The fourth-order valence-corrected chi connectivity index (χ4v) is 5.00. The SMILES string of the molecule is C=CC(=O)N1CC(CC(=O)NC2CCCc3nc(-c4ccc(F)cc4)sc32)C1. The molecule has 1 aliphatic carbocycles. The molecule has 28 heavy (non-hydrogen) atoms. The summed E-state index contributed by atoms with van der Waals surface area (Å²) in [4.78, 5) is 31.5. The summed E-state index contributed by atoms with van der Waals surface area (Å²) < 4.78 is 13.2. The van der Waals surface area contributed by atoms with Gasteiger partial charge in [-0.25, -0.2) is 9.37 Å². The second-order valence-electron chi connectivity index (χ2n) is 7.37. The topological polar surface area (TPSA) is 62.3 Å². The van der Waals surface area contributed by atoms with Crippen molar-refractivity contribution in [1.29, 1.82) is 0 Å². The van der Waals surface area contributed by atoms with Crippen LogP contribution in [0.2, 0.25) is 0 Å². The van der Waals surface area contributed by atoms with Crippen LogP contribution >= 0.6 is 11.3 Å². The molecule has 4 rings (SSSR count). The third kappa shape index (κ3) is 3.85. The number of carbonyl (C=O) groups is 2. The smallest absolute Gasteiger partial charge is 0.245 e. The Morgan fingerprint density at radius 3 is 2.79 bits per heavy atom. The number of hydrogen-bond acceptors (Lipinski definition) is 4. The maximum atomic E-state index is 13.2.